The molecule has 1 rings (SSSR count). The van der Waals surface area contributed by atoms with Gasteiger partial charge in [0.15, 0.2) is 12.8 Å². The number of hydrogen-bond acceptors (Lipinski definition) is 3. The molecule has 0 saturated carbocycles. The smallest absolute Gasteiger partial charge is 0.223 e. The molecule has 0 atom stereocenters. The molecule has 0 spiro atoms. The highest BCUT2D eigenvalue weighted by Crippen LogP contribution is 2.19. The molecule has 17 heavy (non-hydrogen) atoms. The fraction of sp³-hybridized carbons (Fsp3) is 0.200. The minimum absolute atomic E-state index is 0.0195. The number of nitrogens with two attached hydrogens (primary N) is 3. The molecular weight excluding hydrogens is 222 g/mol. The maximum atomic E-state index is 5.49. The summed E-state index contributed by atoms with van der Waals surface area (Å²) in [6.07, 6.45) is 0. The van der Waals surface area contributed by atoms with Crippen LogP contribution in [-0.2, 0) is 4.74 Å². The highest BCUT2D eigenvalue weighted by molar-refractivity contribution is 5.93. The average molecular weight is 237 g/mol. The van der Waals surface area contributed by atoms with E-state index in [-0.39, 0.29) is 18.7 Å². The van der Waals surface area contributed by atoms with Crippen molar-refractivity contribution >= 4 is 17.6 Å². The van der Waals surface area contributed by atoms with E-state index in [1.165, 1.54) is 0 Å². The number of methoxy groups -OCH3 is 1. The molecule has 7 heteroatoms. The van der Waals surface area contributed by atoms with Gasteiger partial charge < -0.3 is 26.7 Å². The van der Waals surface area contributed by atoms with Crippen LogP contribution in [0.25, 0.3) is 0 Å². The van der Waals surface area contributed by atoms with E-state index in [0.717, 1.165) is 0 Å². The molecule has 0 saturated heterocycles. The number of ether oxygens (including phenoxy) is 2. The van der Waals surface area contributed by atoms with Crippen LogP contribution in [0, 0.1) is 0 Å². The third kappa shape index (κ3) is 4.85. The summed E-state index contributed by atoms with van der Waals surface area (Å²) in [5.41, 5.74) is 16.4. The Bertz CT molecular complexity index is 426. The largest absolute Gasteiger partial charge is 0.467 e. The Morgan fingerprint density at radius 3 is 2.71 bits per heavy atom. The Kier molecular flexibility index (Phi) is 4.77. The molecule has 1 aromatic rings. The van der Waals surface area contributed by atoms with Crippen molar-refractivity contribution < 1.29 is 9.47 Å². The van der Waals surface area contributed by atoms with E-state index in [4.69, 9.17) is 26.7 Å². The Balaban J connectivity index is 2.81. The summed E-state index contributed by atoms with van der Waals surface area (Å²) in [6, 6.07) is 6.98. The van der Waals surface area contributed by atoms with Crippen molar-refractivity contribution in [3.8, 4) is 5.75 Å². The van der Waals surface area contributed by atoms with E-state index in [1.807, 2.05) is 0 Å². The number of rotatable bonds is 4. The van der Waals surface area contributed by atoms with Gasteiger partial charge in [0, 0.05) is 13.2 Å². The maximum Gasteiger partial charge on any atom is 0.223 e. The van der Waals surface area contributed by atoms with Crippen molar-refractivity contribution in [2.24, 2.45) is 27.2 Å². The number of benzene rings is 1. The SMILES string of the molecule is COCOc1cccc(N=C(N)N=C(N)N)c1. The molecule has 0 heterocycles. The van der Waals surface area contributed by atoms with Gasteiger partial charge in [0.05, 0.1) is 5.69 Å². The van der Waals surface area contributed by atoms with Crippen LogP contribution < -0.4 is 21.9 Å². The van der Waals surface area contributed by atoms with Crippen LogP contribution in [0.3, 0.4) is 0 Å². The molecule has 1 aromatic carbocycles. The number of aliphatic imine (C=N–C) groups is 2. The lowest BCUT2D eigenvalue weighted by Gasteiger charge is -2.04. The normalized spacial score (nSPS) is 11.0. The highest BCUT2D eigenvalue weighted by atomic mass is 16.7. The predicted molar refractivity (Wildman–Crippen MR) is 66.0 cm³/mol. The summed E-state index contributed by atoms with van der Waals surface area (Å²) < 4.78 is 10.0. The van der Waals surface area contributed by atoms with E-state index in [0.29, 0.717) is 11.4 Å². The first kappa shape index (κ1) is 12.8. The average Bonchev–Trinajstić information content (AvgIpc) is 2.25. The first-order chi connectivity index (χ1) is 8.11. The molecule has 92 valence electrons. The zero-order valence-electron chi connectivity index (χ0n) is 9.46. The van der Waals surface area contributed by atoms with Crippen molar-refractivity contribution in [1.29, 1.82) is 0 Å². The number of hydrogen-bond donors (Lipinski definition) is 3. The lowest BCUT2D eigenvalue weighted by molar-refractivity contribution is 0.0512. The highest BCUT2D eigenvalue weighted by Gasteiger charge is 1.96. The molecular formula is C10H15N5O2. The summed E-state index contributed by atoms with van der Waals surface area (Å²) in [5.74, 6) is 0.456. The zero-order valence-corrected chi connectivity index (χ0v) is 9.46. The predicted octanol–water partition coefficient (Wildman–Crippen LogP) is -0.111. The van der Waals surface area contributed by atoms with Gasteiger partial charge in [-0.25, -0.2) is 4.99 Å². The first-order valence-electron chi connectivity index (χ1n) is 4.77. The molecule has 0 amide bonds. The van der Waals surface area contributed by atoms with Crippen LogP contribution in [-0.4, -0.2) is 25.8 Å². The second kappa shape index (κ2) is 6.33. The van der Waals surface area contributed by atoms with E-state index >= 15 is 0 Å². The fourth-order valence-corrected chi connectivity index (χ4v) is 1.06. The topological polar surface area (TPSA) is 121 Å². The molecule has 0 aromatic heterocycles. The Morgan fingerprint density at radius 1 is 1.29 bits per heavy atom. The summed E-state index contributed by atoms with van der Waals surface area (Å²) in [4.78, 5) is 7.59. The van der Waals surface area contributed by atoms with Crippen molar-refractivity contribution in [3.05, 3.63) is 24.3 Å². The monoisotopic (exact) mass is 237 g/mol. The van der Waals surface area contributed by atoms with Crippen LogP contribution >= 0.6 is 0 Å². The van der Waals surface area contributed by atoms with Crippen LogP contribution in [0.1, 0.15) is 0 Å². The van der Waals surface area contributed by atoms with Crippen LogP contribution in [0.4, 0.5) is 5.69 Å². The molecule has 0 fully saturated rings. The van der Waals surface area contributed by atoms with Crippen molar-refractivity contribution in [2.45, 2.75) is 0 Å². The first-order valence-corrected chi connectivity index (χ1v) is 4.77. The number of guanidine groups is 2. The molecule has 0 unspecified atom stereocenters. The third-order valence-electron chi connectivity index (χ3n) is 1.65. The van der Waals surface area contributed by atoms with Crippen molar-refractivity contribution in [2.75, 3.05) is 13.9 Å². The van der Waals surface area contributed by atoms with Crippen LogP contribution in [0.2, 0.25) is 0 Å². The fourth-order valence-electron chi connectivity index (χ4n) is 1.06. The van der Waals surface area contributed by atoms with Gasteiger partial charge in [-0.2, -0.15) is 4.99 Å². The molecule has 0 bridgehead atoms. The van der Waals surface area contributed by atoms with Gasteiger partial charge in [-0.15, -0.1) is 0 Å². The lowest BCUT2D eigenvalue weighted by atomic mass is 10.3. The van der Waals surface area contributed by atoms with E-state index in [2.05, 4.69) is 9.98 Å². The van der Waals surface area contributed by atoms with E-state index < -0.39 is 0 Å². The van der Waals surface area contributed by atoms with Gasteiger partial charge in [-0.3, -0.25) is 0 Å². The summed E-state index contributed by atoms with van der Waals surface area (Å²) in [6.45, 7) is 0.163. The van der Waals surface area contributed by atoms with Gasteiger partial charge in [0.1, 0.15) is 5.75 Å². The molecule has 7 nitrogen and oxygen atoms in total. The van der Waals surface area contributed by atoms with Gasteiger partial charge in [0.25, 0.3) is 0 Å². The van der Waals surface area contributed by atoms with Crippen LogP contribution in [0.5, 0.6) is 5.75 Å². The minimum Gasteiger partial charge on any atom is -0.467 e. The Labute approximate surface area is 98.9 Å². The molecule has 0 aliphatic rings. The molecule has 0 radical (unpaired) electrons. The minimum atomic E-state index is -0.141. The van der Waals surface area contributed by atoms with Gasteiger partial charge in [-0.1, -0.05) is 6.07 Å². The summed E-state index contributed by atoms with van der Waals surface area (Å²) in [7, 11) is 1.54. The quantitative estimate of drug-likeness (QED) is 0.383. The van der Waals surface area contributed by atoms with Gasteiger partial charge >= 0.3 is 0 Å². The van der Waals surface area contributed by atoms with E-state index in [9.17, 15) is 0 Å². The molecule has 6 N–H and O–H groups in total. The number of nitrogens with zero attached hydrogens (tertiary/aromatic N) is 2. The zero-order chi connectivity index (χ0) is 12.7. The lowest BCUT2D eigenvalue weighted by Crippen LogP contribution is -2.26. The van der Waals surface area contributed by atoms with Gasteiger partial charge in [-0.05, 0) is 12.1 Å². The van der Waals surface area contributed by atoms with Crippen molar-refractivity contribution in [1.82, 2.24) is 0 Å². The summed E-state index contributed by atoms with van der Waals surface area (Å²) in [5, 5.41) is 0. The Hall–Kier alpha value is -2.28. The van der Waals surface area contributed by atoms with Crippen molar-refractivity contribution in [3.63, 3.8) is 0 Å². The molecule has 0 aliphatic carbocycles. The van der Waals surface area contributed by atoms with Crippen LogP contribution in [0.15, 0.2) is 34.3 Å². The second-order valence-electron chi connectivity index (χ2n) is 3.05. The second-order valence-corrected chi connectivity index (χ2v) is 3.05. The third-order valence-corrected chi connectivity index (χ3v) is 1.65. The summed E-state index contributed by atoms with van der Waals surface area (Å²) >= 11 is 0. The maximum absolute atomic E-state index is 5.49. The standard InChI is InChI=1S/C10H15N5O2/c1-16-6-17-8-4-2-3-7(5-8)14-10(13)15-9(11)12/h2-5H,6H2,1H3,(H6,11,12,13,14,15). The Morgan fingerprint density at radius 2 is 2.06 bits per heavy atom. The van der Waals surface area contributed by atoms with Gasteiger partial charge in [0.2, 0.25) is 5.96 Å². The van der Waals surface area contributed by atoms with E-state index in [1.54, 1.807) is 31.4 Å². The molecule has 0 aliphatic heterocycles.